The maximum atomic E-state index is 11.7. The van der Waals surface area contributed by atoms with Crippen molar-refractivity contribution in [3.63, 3.8) is 0 Å². The first-order valence-electron chi connectivity index (χ1n) is 4.75. The number of nitrogens with two attached hydrogens (primary N) is 1. The molecule has 0 unspecified atom stereocenters. The molecule has 0 aromatic carbocycles. The van der Waals surface area contributed by atoms with E-state index >= 15 is 0 Å². The van der Waals surface area contributed by atoms with Crippen LogP contribution in [-0.4, -0.2) is 15.9 Å². The van der Waals surface area contributed by atoms with E-state index in [0.717, 1.165) is 4.88 Å². The van der Waals surface area contributed by atoms with Crippen molar-refractivity contribution in [1.82, 2.24) is 15.3 Å². The molecule has 2 rings (SSSR count). The lowest BCUT2D eigenvalue weighted by atomic mass is 10.4. The lowest BCUT2D eigenvalue weighted by Crippen LogP contribution is -2.23. The van der Waals surface area contributed by atoms with Gasteiger partial charge in [-0.15, -0.1) is 11.3 Å². The first-order valence-corrected chi connectivity index (χ1v) is 5.94. The van der Waals surface area contributed by atoms with Crippen molar-refractivity contribution < 1.29 is 4.79 Å². The number of rotatable bonds is 3. The number of amides is 1. The maximum absolute atomic E-state index is 11.7. The summed E-state index contributed by atoms with van der Waals surface area (Å²) in [5.41, 5.74) is 5.64. The average molecular weight is 269 g/mol. The van der Waals surface area contributed by atoms with Gasteiger partial charge in [0.15, 0.2) is 0 Å². The summed E-state index contributed by atoms with van der Waals surface area (Å²) in [6.45, 7) is 0.409. The van der Waals surface area contributed by atoms with E-state index in [1.165, 1.54) is 23.7 Å². The minimum Gasteiger partial charge on any atom is -0.382 e. The van der Waals surface area contributed by atoms with Gasteiger partial charge in [-0.3, -0.25) is 9.78 Å². The molecule has 0 aliphatic heterocycles. The molecule has 2 aromatic rings. The number of nitrogens with one attached hydrogen (secondary N) is 1. The van der Waals surface area contributed by atoms with Crippen molar-refractivity contribution in [2.24, 2.45) is 0 Å². The highest BCUT2D eigenvalue weighted by Gasteiger charge is 2.08. The minimum absolute atomic E-state index is 0.202. The normalized spacial score (nSPS) is 10.2. The van der Waals surface area contributed by atoms with Gasteiger partial charge in [-0.25, -0.2) is 4.98 Å². The van der Waals surface area contributed by atoms with Gasteiger partial charge >= 0.3 is 0 Å². The number of hydrogen-bond acceptors (Lipinski definition) is 5. The number of aromatic nitrogens is 2. The third-order valence-electron chi connectivity index (χ3n) is 1.94. The second-order valence-corrected chi connectivity index (χ2v) is 5.02. The van der Waals surface area contributed by atoms with E-state index in [-0.39, 0.29) is 17.4 Å². The highest BCUT2D eigenvalue weighted by molar-refractivity contribution is 7.16. The third-order valence-corrected chi connectivity index (χ3v) is 3.17. The van der Waals surface area contributed by atoms with Crippen LogP contribution in [0.4, 0.5) is 5.82 Å². The summed E-state index contributed by atoms with van der Waals surface area (Å²) in [4.78, 5) is 20.3. The van der Waals surface area contributed by atoms with Gasteiger partial charge < -0.3 is 11.1 Å². The van der Waals surface area contributed by atoms with E-state index in [9.17, 15) is 4.79 Å². The molecule has 0 radical (unpaired) electrons. The molecule has 0 spiro atoms. The van der Waals surface area contributed by atoms with Gasteiger partial charge in [-0.05, 0) is 12.1 Å². The Hall–Kier alpha value is -1.66. The van der Waals surface area contributed by atoms with Gasteiger partial charge in [-0.2, -0.15) is 0 Å². The van der Waals surface area contributed by atoms with Crippen molar-refractivity contribution in [3.8, 4) is 0 Å². The molecule has 0 bridgehead atoms. The largest absolute Gasteiger partial charge is 0.382 e. The summed E-state index contributed by atoms with van der Waals surface area (Å²) in [6, 6.07) is 3.65. The third kappa shape index (κ3) is 3.15. The van der Waals surface area contributed by atoms with Crippen molar-refractivity contribution in [2.45, 2.75) is 6.54 Å². The minimum atomic E-state index is -0.311. The zero-order valence-corrected chi connectivity index (χ0v) is 10.3. The molecule has 0 saturated heterocycles. The Morgan fingerprint density at radius 2 is 2.29 bits per heavy atom. The lowest BCUT2D eigenvalue weighted by molar-refractivity contribution is 0.0946. The summed E-state index contributed by atoms with van der Waals surface area (Å²) < 4.78 is 0.693. The number of halogens is 1. The van der Waals surface area contributed by atoms with Crippen LogP contribution >= 0.6 is 22.9 Å². The predicted octanol–water partition coefficient (Wildman–Crippen LogP) is 1.70. The van der Waals surface area contributed by atoms with E-state index in [2.05, 4.69) is 15.3 Å². The first-order chi connectivity index (χ1) is 8.15. The highest BCUT2D eigenvalue weighted by atomic mass is 35.5. The standard InChI is InChI=1S/C10H9ClN4OS/c11-8-2-1-6(17-8)3-14-10(16)7-4-13-5-9(12)15-7/h1-2,4-5H,3H2,(H2,12,15)(H,14,16). The molecule has 1 amide bonds. The number of nitrogens with zero attached hydrogens (tertiary/aromatic N) is 2. The Labute approximate surface area is 107 Å². The Morgan fingerprint density at radius 3 is 2.94 bits per heavy atom. The zero-order chi connectivity index (χ0) is 12.3. The van der Waals surface area contributed by atoms with Crippen LogP contribution < -0.4 is 11.1 Å². The molecule has 2 heterocycles. The van der Waals surface area contributed by atoms with Crippen molar-refractivity contribution in [3.05, 3.63) is 39.4 Å². The Balaban J connectivity index is 1.98. The first kappa shape index (κ1) is 11.8. The molecule has 0 aliphatic rings. The van der Waals surface area contributed by atoms with Crippen LogP contribution in [0.3, 0.4) is 0 Å². The van der Waals surface area contributed by atoms with Crippen molar-refractivity contribution >= 4 is 34.7 Å². The highest BCUT2D eigenvalue weighted by Crippen LogP contribution is 2.21. The molecular weight excluding hydrogens is 260 g/mol. The van der Waals surface area contributed by atoms with Gasteiger partial charge in [0, 0.05) is 4.88 Å². The topological polar surface area (TPSA) is 80.9 Å². The molecule has 88 valence electrons. The predicted molar refractivity (Wildman–Crippen MR) is 66.9 cm³/mol. The van der Waals surface area contributed by atoms with Crippen LogP contribution in [0, 0.1) is 0 Å². The molecular formula is C10H9ClN4OS. The van der Waals surface area contributed by atoms with Crippen LogP contribution in [0.2, 0.25) is 4.34 Å². The van der Waals surface area contributed by atoms with E-state index < -0.39 is 0 Å². The van der Waals surface area contributed by atoms with Crippen LogP contribution in [-0.2, 0) is 6.54 Å². The number of anilines is 1. The fourth-order valence-electron chi connectivity index (χ4n) is 1.20. The van der Waals surface area contributed by atoms with Crippen LogP contribution in [0.1, 0.15) is 15.4 Å². The number of nitrogen functional groups attached to an aromatic ring is 1. The molecule has 3 N–H and O–H groups in total. The fourth-order valence-corrected chi connectivity index (χ4v) is 2.22. The molecule has 0 aliphatic carbocycles. The molecule has 0 atom stereocenters. The molecule has 17 heavy (non-hydrogen) atoms. The summed E-state index contributed by atoms with van der Waals surface area (Å²) in [5, 5.41) is 2.71. The second kappa shape index (κ2) is 5.11. The van der Waals surface area contributed by atoms with Gasteiger partial charge in [-0.1, -0.05) is 11.6 Å². The molecule has 5 nitrogen and oxygen atoms in total. The number of hydrogen-bond donors (Lipinski definition) is 2. The van der Waals surface area contributed by atoms with Gasteiger partial charge in [0.05, 0.1) is 23.3 Å². The summed E-state index contributed by atoms with van der Waals surface area (Å²) >= 11 is 7.20. The Morgan fingerprint density at radius 1 is 1.47 bits per heavy atom. The monoisotopic (exact) mass is 268 g/mol. The van der Waals surface area contributed by atoms with E-state index in [1.807, 2.05) is 6.07 Å². The van der Waals surface area contributed by atoms with E-state index in [4.69, 9.17) is 17.3 Å². The molecule has 0 saturated carbocycles. The van der Waals surface area contributed by atoms with Crippen LogP contribution in [0.5, 0.6) is 0 Å². The Bertz CT molecular complexity index is 543. The zero-order valence-electron chi connectivity index (χ0n) is 8.68. The molecule has 2 aromatic heterocycles. The van der Waals surface area contributed by atoms with E-state index in [1.54, 1.807) is 6.07 Å². The summed E-state index contributed by atoms with van der Waals surface area (Å²) in [7, 11) is 0. The maximum Gasteiger partial charge on any atom is 0.271 e. The SMILES string of the molecule is Nc1cncc(C(=O)NCc2ccc(Cl)s2)n1. The second-order valence-electron chi connectivity index (χ2n) is 3.22. The summed E-state index contributed by atoms with van der Waals surface area (Å²) in [6.07, 6.45) is 2.75. The van der Waals surface area contributed by atoms with Gasteiger partial charge in [0.2, 0.25) is 0 Å². The smallest absolute Gasteiger partial charge is 0.271 e. The van der Waals surface area contributed by atoms with Crippen molar-refractivity contribution in [1.29, 1.82) is 0 Å². The number of carbonyl (C=O) groups is 1. The number of carbonyl (C=O) groups excluding carboxylic acids is 1. The molecule has 7 heteroatoms. The van der Waals surface area contributed by atoms with Crippen LogP contribution in [0.15, 0.2) is 24.5 Å². The van der Waals surface area contributed by atoms with Crippen LogP contribution in [0.25, 0.3) is 0 Å². The Kier molecular flexibility index (Phi) is 3.55. The summed E-state index contributed by atoms with van der Waals surface area (Å²) in [5.74, 6) is -0.0915. The van der Waals surface area contributed by atoms with Gasteiger partial charge in [0.1, 0.15) is 11.5 Å². The number of thiophene rings is 1. The quantitative estimate of drug-likeness (QED) is 0.888. The molecule has 0 fully saturated rings. The fraction of sp³-hybridized carbons (Fsp3) is 0.100. The van der Waals surface area contributed by atoms with Crippen molar-refractivity contribution in [2.75, 3.05) is 5.73 Å². The van der Waals surface area contributed by atoms with E-state index in [0.29, 0.717) is 10.9 Å². The average Bonchev–Trinajstić information content (AvgIpc) is 2.72. The van der Waals surface area contributed by atoms with Gasteiger partial charge in [0.25, 0.3) is 5.91 Å². The lowest BCUT2D eigenvalue weighted by Gasteiger charge is -2.02.